The number of methoxy groups -OCH3 is 2. The molecule has 1 aromatic heterocycles. The summed E-state index contributed by atoms with van der Waals surface area (Å²) in [6.45, 7) is 3.57. The van der Waals surface area contributed by atoms with Crippen molar-refractivity contribution in [3.8, 4) is 23.0 Å². The van der Waals surface area contributed by atoms with Crippen LogP contribution < -0.4 is 33.8 Å². The quantitative estimate of drug-likeness (QED) is 0.194. The molecule has 0 unspecified atom stereocenters. The minimum Gasteiger partial charge on any atom is -0.493 e. The van der Waals surface area contributed by atoms with Gasteiger partial charge >= 0.3 is 5.97 Å². The molecule has 10 heteroatoms. The lowest BCUT2D eigenvalue weighted by molar-refractivity contribution is -0.132. The highest BCUT2D eigenvalue weighted by atomic mass is 79.9. The number of fused-ring (bicyclic) bond motifs is 3. The molecule has 1 aliphatic carbocycles. The van der Waals surface area contributed by atoms with E-state index < -0.39 is 5.97 Å². The summed E-state index contributed by atoms with van der Waals surface area (Å²) in [5, 5.41) is 0. The van der Waals surface area contributed by atoms with Gasteiger partial charge in [0.1, 0.15) is 0 Å². The van der Waals surface area contributed by atoms with E-state index in [9.17, 15) is 9.59 Å². The molecule has 8 nitrogen and oxygen atoms in total. The molecule has 0 radical (unpaired) electrons. The fourth-order valence-corrected chi connectivity index (χ4v) is 7.22. The molecule has 2 aliphatic rings. The van der Waals surface area contributed by atoms with Crippen LogP contribution in [0.4, 0.5) is 0 Å². The predicted octanol–water partition coefficient (Wildman–Crippen LogP) is 5.42. The third-order valence-corrected chi connectivity index (χ3v) is 9.04. The van der Waals surface area contributed by atoms with Gasteiger partial charge in [-0.2, -0.15) is 0 Å². The second kappa shape index (κ2) is 11.9. The number of benzene rings is 3. The number of rotatable bonds is 7. The number of nitrogens with zero attached hydrogens (tertiary/aromatic N) is 2. The van der Waals surface area contributed by atoms with E-state index in [1.807, 2.05) is 37.3 Å². The van der Waals surface area contributed by atoms with Crippen LogP contribution in [0.1, 0.15) is 48.6 Å². The molecule has 0 fully saturated rings. The normalized spacial score (nSPS) is 15.7. The summed E-state index contributed by atoms with van der Waals surface area (Å²) >= 11 is 4.84. The minimum absolute atomic E-state index is 0.146. The zero-order valence-electron chi connectivity index (χ0n) is 24.1. The van der Waals surface area contributed by atoms with E-state index in [0.29, 0.717) is 49.0 Å². The molecule has 0 saturated heterocycles. The third kappa shape index (κ3) is 5.29. The number of thiazole rings is 1. The van der Waals surface area contributed by atoms with Crippen molar-refractivity contribution in [2.24, 2.45) is 4.99 Å². The molecule has 1 atom stereocenters. The van der Waals surface area contributed by atoms with E-state index in [1.165, 1.54) is 23.8 Å². The van der Waals surface area contributed by atoms with Crippen LogP contribution in [0.25, 0.3) is 11.8 Å². The fraction of sp³-hybridized carbons (Fsp3) is 0.242. The maximum atomic E-state index is 14.2. The molecule has 0 bridgehead atoms. The van der Waals surface area contributed by atoms with Crippen LogP contribution >= 0.6 is 27.3 Å². The zero-order chi connectivity index (χ0) is 30.2. The number of carbonyl (C=O) groups is 1. The van der Waals surface area contributed by atoms with Crippen molar-refractivity contribution in [3.05, 3.63) is 107 Å². The van der Waals surface area contributed by atoms with Crippen molar-refractivity contribution >= 4 is 45.0 Å². The number of hydrogen-bond donors (Lipinski definition) is 0. The van der Waals surface area contributed by atoms with Gasteiger partial charge in [0.25, 0.3) is 5.56 Å². The maximum absolute atomic E-state index is 14.2. The number of allylic oxidation sites excluding steroid dienone is 1. The van der Waals surface area contributed by atoms with Crippen molar-refractivity contribution in [2.75, 3.05) is 20.8 Å². The zero-order valence-corrected chi connectivity index (χ0v) is 26.5. The smallest absolute Gasteiger partial charge is 0.308 e. The molecule has 0 amide bonds. The SMILES string of the molecule is CCOc1cc(/C=c2\sc3n(c2=O)[C@H](c2ccc(OC)c(OC)c2)C2=C(N=3)c3ccccc3CC2)cc(Br)c1OC(C)=O. The first-order valence-electron chi connectivity index (χ1n) is 13.8. The molecule has 220 valence electrons. The van der Waals surface area contributed by atoms with Crippen molar-refractivity contribution in [1.82, 2.24) is 4.57 Å². The first-order valence-corrected chi connectivity index (χ1v) is 15.4. The summed E-state index contributed by atoms with van der Waals surface area (Å²) in [4.78, 5) is 31.6. The van der Waals surface area contributed by atoms with Gasteiger partial charge < -0.3 is 18.9 Å². The van der Waals surface area contributed by atoms with Crippen molar-refractivity contribution in [3.63, 3.8) is 0 Å². The Morgan fingerprint density at radius 1 is 1.07 bits per heavy atom. The average Bonchev–Trinajstić information content (AvgIpc) is 3.31. The summed E-state index contributed by atoms with van der Waals surface area (Å²) in [6.07, 6.45) is 3.46. The van der Waals surface area contributed by atoms with Gasteiger partial charge in [-0.1, -0.05) is 41.7 Å². The Morgan fingerprint density at radius 3 is 2.60 bits per heavy atom. The molecule has 1 aliphatic heterocycles. The van der Waals surface area contributed by atoms with Crippen LogP contribution in [0.5, 0.6) is 23.0 Å². The molecule has 43 heavy (non-hydrogen) atoms. The van der Waals surface area contributed by atoms with E-state index in [0.717, 1.165) is 35.2 Å². The highest BCUT2D eigenvalue weighted by Crippen LogP contribution is 2.43. The lowest BCUT2D eigenvalue weighted by Crippen LogP contribution is -2.38. The highest BCUT2D eigenvalue weighted by molar-refractivity contribution is 9.10. The minimum atomic E-state index is -0.455. The van der Waals surface area contributed by atoms with Gasteiger partial charge in [-0.05, 0) is 88.3 Å². The van der Waals surface area contributed by atoms with E-state index in [4.69, 9.17) is 23.9 Å². The Bertz CT molecular complexity index is 1980. The fourth-order valence-electron chi connectivity index (χ4n) is 5.67. The summed E-state index contributed by atoms with van der Waals surface area (Å²) in [5.41, 5.74) is 5.84. The molecule has 4 aromatic rings. The first-order chi connectivity index (χ1) is 20.8. The second-order valence-corrected chi connectivity index (χ2v) is 11.9. The van der Waals surface area contributed by atoms with Gasteiger partial charge in [0.05, 0.1) is 41.6 Å². The molecule has 6 rings (SSSR count). The largest absolute Gasteiger partial charge is 0.493 e. The number of carbonyl (C=O) groups excluding carboxylic acids is 1. The van der Waals surface area contributed by atoms with Crippen molar-refractivity contribution < 1.29 is 23.7 Å². The Hall–Kier alpha value is -4.15. The summed E-state index contributed by atoms with van der Waals surface area (Å²) in [7, 11) is 3.21. The van der Waals surface area contributed by atoms with Gasteiger partial charge in [0, 0.05) is 12.5 Å². The number of hydrogen-bond acceptors (Lipinski definition) is 8. The van der Waals surface area contributed by atoms with Gasteiger partial charge in [0.2, 0.25) is 0 Å². The van der Waals surface area contributed by atoms with E-state index in [-0.39, 0.29) is 11.6 Å². The predicted molar refractivity (Wildman–Crippen MR) is 169 cm³/mol. The van der Waals surface area contributed by atoms with Crippen LogP contribution in [0, 0.1) is 0 Å². The van der Waals surface area contributed by atoms with Gasteiger partial charge in [-0.3, -0.25) is 14.2 Å². The number of halogens is 1. The van der Waals surface area contributed by atoms with E-state index in [2.05, 4.69) is 34.1 Å². The molecular formula is C33H29BrN2O6S. The Balaban J connectivity index is 1.57. The van der Waals surface area contributed by atoms with Crippen LogP contribution in [0.15, 0.2) is 74.4 Å². The lowest BCUT2D eigenvalue weighted by Gasteiger charge is -2.31. The number of esters is 1. The van der Waals surface area contributed by atoms with Crippen molar-refractivity contribution in [2.45, 2.75) is 32.7 Å². The number of ether oxygens (including phenoxy) is 4. The Morgan fingerprint density at radius 2 is 1.86 bits per heavy atom. The highest BCUT2D eigenvalue weighted by Gasteiger charge is 2.33. The molecule has 0 spiro atoms. The van der Waals surface area contributed by atoms with Gasteiger partial charge in [-0.15, -0.1) is 0 Å². The molecule has 0 N–H and O–H groups in total. The Kier molecular flexibility index (Phi) is 7.98. The topological polar surface area (TPSA) is 88.3 Å². The molecule has 3 aromatic carbocycles. The standard InChI is InChI=1S/C33H29BrN2O6S/c1-5-41-27-15-19(14-24(34)31(27)42-18(2)37)16-28-32(38)36-30(21-11-13-25(39-3)26(17-21)40-4)23-12-10-20-8-6-7-9-22(20)29(23)35-33(36)43-28/h6-9,11,13-17,30H,5,10,12H2,1-4H3/b28-16-/t30-/m1/s1. The molecule has 2 heterocycles. The van der Waals surface area contributed by atoms with E-state index in [1.54, 1.807) is 30.9 Å². The third-order valence-electron chi connectivity index (χ3n) is 7.47. The van der Waals surface area contributed by atoms with Crippen LogP contribution in [0.2, 0.25) is 0 Å². The molecular weight excluding hydrogens is 632 g/mol. The van der Waals surface area contributed by atoms with Crippen molar-refractivity contribution in [1.29, 1.82) is 0 Å². The van der Waals surface area contributed by atoms with Crippen LogP contribution in [-0.2, 0) is 11.2 Å². The molecule has 0 saturated carbocycles. The van der Waals surface area contributed by atoms with E-state index >= 15 is 0 Å². The van der Waals surface area contributed by atoms with Crippen LogP contribution in [0.3, 0.4) is 0 Å². The summed E-state index contributed by atoms with van der Waals surface area (Å²) in [5.74, 6) is 1.46. The average molecular weight is 662 g/mol. The van der Waals surface area contributed by atoms with Gasteiger partial charge in [0.15, 0.2) is 27.8 Å². The van der Waals surface area contributed by atoms with Crippen LogP contribution in [-0.4, -0.2) is 31.4 Å². The van der Waals surface area contributed by atoms with Gasteiger partial charge in [-0.25, -0.2) is 4.99 Å². The summed E-state index contributed by atoms with van der Waals surface area (Å²) < 4.78 is 25.1. The Labute approximate surface area is 260 Å². The lowest BCUT2D eigenvalue weighted by atomic mass is 9.83. The maximum Gasteiger partial charge on any atom is 0.308 e. The number of aromatic nitrogens is 1. The second-order valence-electron chi connectivity index (χ2n) is 10.1. The number of aryl methyl sites for hydroxylation is 1. The monoisotopic (exact) mass is 660 g/mol. The summed E-state index contributed by atoms with van der Waals surface area (Å²) in [6, 6.07) is 17.3. The first kappa shape index (κ1) is 28.9.